The maximum absolute atomic E-state index is 12.1. The molecular weight excluding hydrogens is 372 g/mol. The van der Waals surface area contributed by atoms with Crippen LogP contribution in [-0.2, 0) is 11.2 Å². The first-order chi connectivity index (χ1) is 14.1. The zero-order valence-electron chi connectivity index (χ0n) is 16.6. The summed E-state index contributed by atoms with van der Waals surface area (Å²) in [6, 6.07) is 13.2. The lowest BCUT2D eigenvalue weighted by atomic mass is 10.1. The standard InChI is InChI=1S/C22H26N2O5/c1-27-20-8-6-15(12-21(20)28-2)7-9-22(26)24-13-16(25)14-29-19-5-3-4-18-17(19)10-11-23-18/h3-6,8,10-12,16,23,25H,7,9,13-14H2,1-2H3,(H,24,26). The fourth-order valence-corrected chi connectivity index (χ4v) is 3.04. The van der Waals surface area contributed by atoms with Crippen LogP contribution in [0, 0.1) is 0 Å². The van der Waals surface area contributed by atoms with Gasteiger partial charge >= 0.3 is 0 Å². The van der Waals surface area contributed by atoms with Crippen molar-refractivity contribution in [2.45, 2.75) is 18.9 Å². The molecule has 0 bridgehead atoms. The first-order valence-electron chi connectivity index (χ1n) is 9.45. The Labute approximate surface area is 169 Å². The van der Waals surface area contributed by atoms with Gasteiger partial charge in [-0.15, -0.1) is 0 Å². The molecule has 7 nitrogen and oxygen atoms in total. The minimum Gasteiger partial charge on any atom is -0.493 e. The normalized spacial score (nSPS) is 11.8. The highest BCUT2D eigenvalue weighted by Crippen LogP contribution is 2.28. The lowest BCUT2D eigenvalue weighted by Gasteiger charge is -2.14. The van der Waals surface area contributed by atoms with Crippen molar-refractivity contribution in [3.63, 3.8) is 0 Å². The second kappa shape index (κ2) is 9.84. The number of rotatable bonds is 10. The highest BCUT2D eigenvalue weighted by Gasteiger charge is 2.11. The molecule has 3 N–H and O–H groups in total. The molecule has 0 spiro atoms. The Bertz CT molecular complexity index is 953. The number of benzene rings is 2. The number of hydrogen-bond donors (Lipinski definition) is 3. The average Bonchev–Trinajstić information content (AvgIpc) is 3.24. The first kappa shape index (κ1) is 20.5. The fourth-order valence-electron chi connectivity index (χ4n) is 3.04. The molecule has 0 aliphatic carbocycles. The first-order valence-corrected chi connectivity index (χ1v) is 9.45. The van der Waals surface area contributed by atoms with Crippen molar-refractivity contribution in [3.05, 3.63) is 54.2 Å². The smallest absolute Gasteiger partial charge is 0.220 e. The van der Waals surface area contributed by atoms with Crippen molar-refractivity contribution in [1.82, 2.24) is 10.3 Å². The molecule has 0 fully saturated rings. The van der Waals surface area contributed by atoms with Crippen LogP contribution in [0.15, 0.2) is 48.7 Å². The van der Waals surface area contributed by atoms with Gasteiger partial charge in [-0.25, -0.2) is 0 Å². The van der Waals surface area contributed by atoms with Crippen LogP contribution in [0.1, 0.15) is 12.0 Å². The number of aliphatic hydroxyl groups is 1. The Morgan fingerprint density at radius 2 is 1.93 bits per heavy atom. The van der Waals surface area contributed by atoms with Gasteiger partial charge in [0.25, 0.3) is 0 Å². The van der Waals surface area contributed by atoms with E-state index in [4.69, 9.17) is 14.2 Å². The summed E-state index contributed by atoms with van der Waals surface area (Å²) >= 11 is 0. The van der Waals surface area contributed by atoms with Crippen LogP contribution in [0.2, 0.25) is 0 Å². The minimum atomic E-state index is -0.797. The highest BCUT2D eigenvalue weighted by molar-refractivity contribution is 5.85. The number of methoxy groups -OCH3 is 2. The van der Waals surface area contributed by atoms with Crippen LogP contribution in [0.5, 0.6) is 17.2 Å². The van der Waals surface area contributed by atoms with Crippen molar-refractivity contribution in [3.8, 4) is 17.2 Å². The van der Waals surface area contributed by atoms with Gasteiger partial charge in [0.15, 0.2) is 11.5 Å². The van der Waals surface area contributed by atoms with E-state index < -0.39 is 6.10 Å². The van der Waals surface area contributed by atoms with E-state index in [1.165, 1.54) is 0 Å². The Balaban J connectivity index is 1.41. The Morgan fingerprint density at radius 1 is 1.10 bits per heavy atom. The second-order valence-corrected chi connectivity index (χ2v) is 6.65. The second-order valence-electron chi connectivity index (χ2n) is 6.65. The van der Waals surface area contributed by atoms with Crippen LogP contribution in [0.3, 0.4) is 0 Å². The number of H-pyrrole nitrogens is 1. The lowest BCUT2D eigenvalue weighted by Crippen LogP contribution is -2.35. The number of nitrogens with one attached hydrogen (secondary N) is 2. The summed E-state index contributed by atoms with van der Waals surface area (Å²) in [5, 5.41) is 13.8. The molecule has 1 heterocycles. The highest BCUT2D eigenvalue weighted by atomic mass is 16.5. The number of fused-ring (bicyclic) bond motifs is 1. The van der Waals surface area contributed by atoms with Gasteiger partial charge in [0.2, 0.25) is 5.91 Å². The molecule has 3 aromatic rings. The maximum atomic E-state index is 12.1. The molecule has 1 aromatic heterocycles. The average molecular weight is 398 g/mol. The van der Waals surface area contributed by atoms with E-state index in [0.29, 0.717) is 30.1 Å². The van der Waals surface area contributed by atoms with Gasteiger partial charge in [-0.3, -0.25) is 4.79 Å². The van der Waals surface area contributed by atoms with Crippen molar-refractivity contribution >= 4 is 16.8 Å². The molecule has 154 valence electrons. The third-order valence-electron chi connectivity index (χ3n) is 4.61. The van der Waals surface area contributed by atoms with Crippen molar-refractivity contribution in [2.75, 3.05) is 27.4 Å². The fraction of sp³-hybridized carbons (Fsp3) is 0.318. The van der Waals surface area contributed by atoms with Gasteiger partial charge < -0.3 is 29.6 Å². The van der Waals surface area contributed by atoms with Crippen LogP contribution >= 0.6 is 0 Å². The number of aromatic nitrogens is 1. The summed E-state index contributed by atoms with van der Waals surface area (Å²) in [5.41, 5.74) is 1.95. The molecule has 0 radical (unpaired) electrons. The molecule has 2 aromatic carbocycles. The number of ether oxygens (including phenoxy) is 3. The van der Waals surface area contributed by atoms with E-state index in [1.807, 2.05) is 48.7 Å². The maximum Gasteiger partial charge on any atom is 0.220 e. The van der Waals surface area contributed by atoms with Crippen molar-refractivity contribution < 1.29 is 24.1 Å². The van der Waals surface area contributed by atoms with E-state index in [2.05, 4.69) is 10.3 Å². The third kappa shape index (κ3) is 5.42. The number of carbonyl (C=O) groups is 1. The number of aryl methyl sites for hydroxylation is 1. The van der Waals surface area contributed by atoms with Gasteiger partial charge in [-0.1, -0.05) is 12.1 Å². The number of aromatic amines is 1. The summed E-state index contributed by atoms with van der Waals surface area (Å²) in [4.78, 5) is 15.2. The third-order valence-corrected chi connectivity index (χ3v) is 4.61. The van der Waals surface area contributed by atoms with Gasteiger partial charge in [-0.05, 0) is 42.3 Å². The van der Waals surface area contributed by atoms with E-state index >= 15 is 0 Å². The van der Waals surface area contributed by atoms with Crippen LogP contribution < -0.4 is 19.5 Å². The summed E-state index contributed by atoms with van der Waals surface area (Å²) < 4.78 is 16.2. The van der Waals surface area contributed by atoms with Gasteiger partial charge in [-0.2, -0.15) is 0 Å². The predicted molar refractivity (Wildman–Crippen MR) is 111 cm³/mol. The van der Waals surface area contributed by atoms with E-state index in [0.717, 1.165) is 16.5 Å². The molecule has 1 amide bonds. The Hall–Kier alpha value is -3.19. The Morgan fingerprint density at radius 3 is 2.72 bits per heavy atom. The van der Waals surface area contributed by atoms with Gasteiger partial charge in [0, 0.05) is 30.1 Å². The summed E-state index contributed by atoms with van der Waals surface area (Å²) in [7, 11) is 3.16. The van der Waals surface area contributed by atoms with Crippen LogP contribution in [-0.4, -0.2) is 49.5 Å². The zero-order chi connectivity index (χ0) is 20.6. The number of aliphatic hydroxyl groups excluding tert-OH is 1. The Kier molecular flexibility index (Phi) is 6.97. The van der Waals surface area contributed by atoms with Crippen molar-refractivity contribution in [1.29, 1.82) is 0 Å². The van der Waals surface area contributed by atoms with E-state index in [1.54, 1.807) is 14.2 Å². The molecule has 1 unspecified atom stereocenters. The molecule has 1 atom stereocenters. The van der Waals surface area contributed by atoms with Gasteiger partial charge in [0.1, 0.15) is 18.5 Å². The molecule has 0 saturated carbocycles. The molecule has 0 aliphatic rings. The van der Waals surface area contributed by atoms with Gasteiger partial charge in [0.05, 0.1) is 14.2 Å². The zero-order valence-corrected chi connectivity index (χ0v) is 16.6. The molecule has 29 heavy (non-hydrogen) atoms. The molecule has 3 rings (SSSR count). The molecular formula is C22H26N2O5. The number of hydrogen-bond acceptors (Lipinski definition) is 5. The largest absolute Gasteiger partial charge is 0.493 e. The monoisotopic (exact) mass is 398 g/mol. The van der Waals surface area contributed by atoms with Crippen LogP contribution in [0.4, 0.5) is 0 Å². The predicted octanol–water partition coefficient (Wildman–Crippen LogP) is 2.67. The summed E-state index contributed by atoms with van der Waals surface area (Å²) in [6.45, 7) is 0.230. The number of amides is 1. The van der Waals surface area contributed by atoms with Crippen molar-refractivity contribution in [2.24, 2.45) is 0 Å². The van der Waals surface area contributed by atoms with E-state index in [9.17, 15) is 9.90 Å². The summed E-state index contributed by atoms with van der Waals surface area (Å²) in [6.07, 6.45) is 1.92. The summed E-state index contributed by atoms with van der Waals surface area (Å²) in [5.74, 6) is 1.85. The molecule has 7 heteroatoms. The SMILES string of the molecule is COc1ccc(CCC(=O)NCC(O)COc2cccc3[nH]ccc23)cc1OC. The lowest BCUT2D eigenvalue weighted by molar-refractivity contribution is -0.121. The van der Waals surface area contributed by atoms with E-state index in [-0.39, 0.29) is 19.1 Å². The minimum absolute atomic E-state index is 0.0975. The topological polar surface area (TPSA) is 92.8 Å². The number of carbonyl (C=O) groups excluding carboxylic acids is 1. The quantitative estimate of drug-likeness (QED) is 0.488. The van der Waals surface area contributed by atoms with Crippen LogP contribution in [0.25, 0.3) is 10.9 Å². The molecule has 0 saturated heterocycles. The molecule has 0 aliphatic heterocycles.